The van der Waals surface area contributed by atoms with E-state index in [4.69, 9.17) is 5.73 Å². The summed E-state index contributed by atoms with van der Waals surface area (Å²) in [6.45, 7) is 3.47. The maximum absolute atomic E-state index is 14.5. The number of nitrogen functional groups attached to an aromatic ring is 1. The van der Waals surface area contributed by atoms with Crippen LogP contribution in [0.4, 0.5) is 10.2 Å². The number of rotatable bonds is 3. The number of hydrogen-bond donors (Lipinski definition) is 4. The number of nitrogens with one attached hydrogen (secondary N) is 3. The Balaban J connectivity index is 1.73. The number of H-pyrrole nitrogens is 1. The Bertz CT molecular complexity index is 952. The Morgan fingerprint density at radius 3 is 2.96 bits per heavy atom. The predicted octanol–water partition coefficient (Wildman–Crippen LogP) is 0.846. The molecule has 2 aromatic rings. The molecule has 5 N–H and O–H groups in total. The van der Waals surface area contributed by atoms with E-state index in [1.807, 2.05) is 25.1 Å². The van der Waals surface area contributed by atoms with Gasteiger partial charge in [-0.25, -0.2) is 4.39 Å². The summed E-state index contributed by atoms with van der Waals surface area (Å²) in [5, 5.41) is 8.03. The van der Waals surface area contributed by atoms with Gasteiger partial charge in [0.2, 0.25) is 5.91 Å². The molecule has 2 aliphatic rings. The van der Waals surface area contributed by atoms with Crippen LogP contribution in [0.5, 0.6) is 0 Å². The zero-order valence-electron chi connectivity index (χ0n) is 14.7. The number of fused-ring (bicyclic) bond motifs is 1. The van der Waals surface area contributed by atoms with Crippen LogP contribution in [0.1, 0.15) is 29.9 Å². The number of aryl methyl sites for hydroxylation is 1. The molecule has 1 saturated heterocycles. The topological polar surface area (TPSA) is 82.9 Å². The third-order valence-electron chi connectivity index (χ3n) is 5.33. The van der Waals surface area contributed by atoms with Gasteiger partial charge in [0.1, 0.15) is 11.6 Å². The number of benzene rings is 1. The molecule has 26 heavy (non-hydrogen) atoms. The van der Waals surface area contributed by atoms with E-state index in [2.05, 4.69) is 15.6 Å². The van der Waals surface area contributed by atoms with Crippen LogP contribution in [0.25, 0.3) is 11.8 Å². The highest BCUT2D eigenvalue weighted by atomic mass is 19.1. The molecule has 1 aromatic carbocycles. The van der Waals surface area contributed by atoms with E-state index >= 15 is 0 Å². The number of hydrogen-bond acceptors (Lipinski definition) is 3. The van der Waals surface area contributed by atoms with Crippen molar-refractivity contribution in [2.45, 2.75) is 25.7 Å². The Labute approximate surface area is 151 Å². The second-order valence-corrected chi connectivity index (χ2v) is 7.16. The minimum absolute atomic E-state index is 0.0154. The van der Waals surface area contributed by atoms with Gasteiger partial charge in [-0.1, -0.05) is 18.2 Å². The first kappa shape index (κ1) is 16.8. The van der Waals surface area contributed by atoms with Crippen molar-refractivity contribution in [2.75, 3.05) is 18.8 Å². The monoisotopic (exact) mass is 354 g/mol. The third kappa shape index (κ3) is 3.01. The van der Waals surface area contributed by atoms with Crippen LogP contribution in [0, 0.1) is 18.7 Å². The number of amides is 1. The van der Waals surface area contributed by atoms with Crippen molar-refractivity contribution in [1.82, 2.24) is 15.6 Å². The molecule has 5 nitrogen and oxygen atoms in total. The molecule has 0 bridgehead atoms. The number of aromatic amines is 1. The number of aromatic nitrogens is 1. The molecule has 1 aliphatic heterocycles. The van der Waals surface area contributed by atoms with Crippen LogP contribution < -0.4 is 26.9 Å². The van der Waals surface area contributed by atoms with Crippen LogP contribution in [0.15, 0.2) is 24.3 Å². The van der Waals surface area contributed by atoms with Crippen LogP contribution in [0.2, 0.25) is 0 Å². The predicted molar refractivity (Wildman–Crippen MR) is 99.9 cm³/mol. The number of nitrogens with two attached hydrogens (primary N) is 1. The Hall–Kier alpha value is -2.60. The summed E-state index contributed by atoms with van der Waals surface area (Å²) in [6.07, 6.45) is 3.38. The molecular weight excluding hydrogens is 331 g/mol. The summed E-state index contributed by atoms with van der Waals surface area (Å²) in [6, 6.07) is 6.94. The van der Waals surface area contributed by atoms with Crippen LogP contribution in [-0.4, -0.2) is 24.0 Å². The maximum atomic E-state index is 14.5. The highest BCUT2D eigenvalue weighted by Crippen LogP contribution is 2.31. The smallest absolute Gasteiger partial charge is 0.228 e. The highest BCUT2D eigenvalue weighted by molar-refractivity contribution is 5.85. The van der Waals surface area contributed by atoms with Gasteiger partial charge in [-0.15, -0.1) is 0 Å². The number of carbonyl (C=O) groups is 1. The Kier molecular flexibility index (Phi) is 4.28. The SMILES string of the molecule is Cc1cccc(F)c1C1C=c2[nH]c(N)cc2=C(NC(=O)C2CCNC2)C1. The summed E-state index contributed by atoms with van der Waals surface area (Å²) in [5.41, 5.74) is 8.31. The average molecular weight is 354 g/mol. The van der Waals surface area contributed by atoms with Gasteiger partial charge >= 0.3 is 0 Å². The van der Waals surface area contributed by atoms with E-state index in [9.17, 15) is 9.18 Å². The van der Waals surface area contributed by atoms with E-state index in [0.29, 0.717) is 24.3 Å². The van der Waals surface area contributed by atoms with Gasteiger partial charge in [-0.05, 0) is 49.6 Å². The van der Waals surface area contributed by atoms with Crippen LogP contribution in [0.3, 0.4) is 0 Å². The van der Waals surface area contributed by atoms with Gasteiger partial charge in [-0.3, -0.25) is 4.79 Å². The van der Waals surface area contributed by atoms with Gasteiger partial charge in [0, 0.05) is 28.7 Å². The standard InChI is InChI=1S/C20H23FN4O/c1-11-3-2-4-15(21)19(11)13-7-16-14(9-18(22)24-16)17(8-13)25-20(26)12-5-6-23-10-12/h2-4,7,9,12-13,23-24H,5-6,8,10,22H2,1H3,(H,25,26). The van der Waals surface area contributed by atoms with Crippen LogP contribution >= 0.6 is 0 Å². The van der Waals surface area contributed by atoms with E-state index in [-0.39, 0.29) is 23.6 Å². The van der Waals surface area contributed by atoms with Gasteiger partial charge in [0.25, 0.3) is 0 Å². The maximum Gasteiger partial charge on any atom is 0.228 e. The molecule has 1 aliphatic carbocycles. The molecular formula is C20H23FN4O. The minimum Gasteiger partial charge on any atom is -0.385 e. The van der Waals surface area contributed by atoms with Crippen molar-refractivity contribution in [3.8, 4) is 0 Å². The lowest BCUT2D eigenvalue weighted by molar-refractivity contribution is -0.123. The van der Waals surface area contributed by atoms with Crippen molar-refractivity contribution in [2.24, 2.45) is 5.92 Å². The number of halogens is 1. The summed E-state index contributed by atoms with van der Waals surface area (Å²) in [5.74, 6) is 0.147. The Morgan fingerprint density at radius 1 is 1.38 bits per heavy atom. The fourth-order valence-electron chi connectivity index (χ4n) is 4.01. The lowest BCUT2D eigenvalue weighted by Crippen LogP contribution is -2.40. The van der Waals surface area contributed by atoms with Gasteiger partial charge < -0.3 is 21.4 Å². The van der Waals surface area contributed by atoms with Crippen molar-refractivity contribution in [1.29, 1.82) is 0 Å². The molecule has 1 aromatic heterocycles. The molecule has 136 valence electrons. The molecule has 6 heteroatoms. The second-order valence-electron chi connectivity index (χ2n) is 7.16. The van der Waals surface area contributed by atoms with E-state index in [1.54, 1.807) is 6.07 Å². The fraction of sp³-hybridized carbons (Fsp3) is 0.350. The van der Waals surface area contributed by atoms with Crippen molar-refractivity contribution < 1.29 is 9.18 Å². The third-order valence-corrected chi connectivity index (χ3v) is 5.33. The quantitative estimate of drug-likeness (QED) is 0.659. The molecule has 2 atom stereocenters. The van der Waals surface area contributed by atoms with E-state index in [1.165, 1.54) is 6.07 Å². The molecule has 1 amide bonds. The number of anilines is 1. The molecule has 0 spiro atoms. The first-order valence-corrected chi connectivity index (χ1v) is 8.99. The molecule has 4 rings (SSSR count). The Morgan fingerprint density at radius 2 is 2.23 bits per heavy atom. The van der Waals surface area contributed by atoms with Crippen LogP contribution in [-0.2, 0) is 4.79 Å². The van der Waals surface area contributed by atoms with Crippen molar-refractivity contribution >= 4 is 23.5 Å². The molecule has 2 heterocycles. The van der Waals surface area contributed by atoms with Gasteiger partial charge in [0.15, 0.2) is 0 Å². The van der Waals surface area contributed by atoms with Gasteiger partial charge in [0.05, 0.1) is 5.92 Å². The fourth-order valence-corrected chi connectivity index (χ4v) is 4.01. The molecule has 0 saturated carbocycles. The lowest BCUT2D eigenvalue weighted by Gasteiger charge is -2.22. The first-order chi connectivity index (χ1) is 12.5. The minimum atomic E-state index is -0.222. The summed E-state index contributed by atoms with van der Waals surface area (Å²) in [4.78, 5) is 15.7. The van der Waals surface area contributed by atoms with Gasteiger partial charge in [-0.2, -0.15) is 0 Å². The van der Waals surface area contributed by atoms with E-state index < -0.39 is 0 Å². The normalized spacial score (nSPS) is 22.0. The number of carbonyl (C=O) groups excluding carboxylic acids is 1. The lowest BCUT2D eigenvalue weighted by atomic mass is 9.87. The average Bonchev–Trinajstić information content (AvgIpc) is 3.23. The summed E-state index contributed by atoms with van der Waals surface area (Å²) >= 11 is 0. The second kappa shape index (κ2) is 6.61. The summed E-state index contributed by atoms with van der Waals surface area (Å²) in [7, 11) is 0. The first-order valence-electron chi connectivity index (χ1n) is 8.99. The zero-order chi connectivity index (χ0) is 18.3. The van der Waals surface area contributed by atoms with E-state index in [0.717, 1.165) is 34.8 Å². The largest absolute Gasteiger partial charge is 0.385 e. The molecule has 1 fully saturated rings. The van der Waals surface area contributed by atoms with Crippen molar-refractivity contribution in [3.05, 3.63) is 51.8 Å². The molecule has 2 unspecified atom stereocenters. The van der Waals surface area contributed by atoms with Crippen molar-refractivity contribution in [3.63, 3.8) is 0 Å². The zero-order valence-corrected chi connectivity index (χ0v) is 14.7. The molecule has 0 radical (unpaired) electrons. The highest BCUT2D eigenvalue weighted by Gasteiger charge is 2.26. The summed E-state index contributed by atoms with van der Waals surface area (Å²) < 4.78 is 14.5.